The summed E-state index contributed by atoms with van der Waals surface area (Å²) in [6.07, 6.45) is 16.0. The van der Waals surface area contributed by atoms with Crippen LogP contribution in [0.4, 0.5) is 0 Å². The fourth-order valence-corrected chi connectivity index (χ4v) is 14.5. The summed E-state index contributed by atoms with van der Waals surface area (Å²) < 4.78 is 28.7. The van der Waals surface area contributed by atoms with Crippen LogP contribution in [0, 0.1) is 35.5 Å². The van der Waals surface area contributed by atoms with E-state index in [9.17, 15) is 0 Å². The van der Waals surface area contributed by atoms with Gasteiger partial charge >= 0.3 is 0 Å². The molecular formula is C44H48O4P2. The summed E-state index contributed by atoms with van der Waals surface area (Å²) in [5.41, 5.74) is 4.90. The van der Waals surface area contributed by atoms with Crippen LogP contribution in [-0.2, 0) is 9.05 Å². The zero-order valence-corrected chi connectivity index (χ0v) is 30.7. The predicted molar refractivity (Wildman–Crippen MR) is 204 cm³/mol. The van der Waals surface area contributed by atoms with Gasteiger partial charge in [0.1, 0.15) is 11.5 Å². The Bertz CT molecular complexity index is 1710. The van der Waals surface area contributed by atoms with Crippen molar-refractivity contribution < 1.29 is 18.1 Å². The highest BCUT2D eigenvalue weighted by molar-refractivity contribution is 7.57. The molecule has 4 saturated carbocycles. The van der Waals surface area contributed by atoms with Gasteiger partial charge in [0.05, 0.1) is 22.8 Å². The number of fused-ring (bicyclic) bond motifs is 8. The van der Waals surface area contributed by atoms with Crippen molar-refractivity contribution in [2.75, 3.05) is 0 Å². The van der Waals surface area contributed by atoms with Gasteiger partial charge in [-0.3, -0.25) is 0 Å². The second kappa shape index (κ2) is 13.7. The Balaban J connectivity index is 1.02. The van der Waals surface area contributed by atoms with E-state index in [1.165, 1.54) is 97.1 Å². The van der Waals surface area contributed by atoms with Crippen molar-refractivity contribution in [2.24, 2.45) is 35.5 Å². The molecule has 0 amide bonds. The fraction of sp³-hybridized carbons (Fsp3) is 0.455. The molecule has 0 spiro atoms. The number of benzene rings is 4. The van der Waals surface area contributed by atoms with E-state index in [4.69, 9.17) is 18.1 Å². The van der Waals surface area contributed by atoms with Gasteiger partial charge in [-0.05, 0) is 109 Å². The molecule has 4 fully saturated rings. The molecule has 2 heterocycles. The van der Waals surface area contributed by atoms with Crippen LogP contribution in [0.3, 0.4) is 0 Å². The predicted octanol–water partition coefficient (Wildman–Crippen LogP) is 11.6. The van der Waals surface area contributed by atoms with E-state index in [2.05, 4.69) is 97.1 Å². The van der Waals surface area contributed by atoms with E-state index in [0.717, 1.165) is 36.2 Å². The standard InChI is InChI=1S/C44H48O4P2/c1-3-15-31-29(13-1)25-27-39(47-49-41-23-11-7-19-35(41)33-17-5-9-21-37(33)45-49)43(31)44-32-16-4-2-14-30(32)26-28-40(44)48-50-42-24-12-8-20-36(42)34-18-6-10-22-38(34)46-50/h5-12,17-24,29-32,39-40,43-44H,1-4,13-16,25-28H2. The highest BCUT2D eigenvalue weighted by atomic mass is 31.2. The number of hydrogen-bond acceptors (Lipinski definition) is 4. The lowest BCUT2D eigenvalue weighted by Gasteiger charge is -2.56. The molecular weight excluding hydrogens is 654 g/mol. The molecule has 258 valence electrons. The molecule has 6 aliphatic rings. The minimum Gasteiger partial charge on any atom is -0.443 e. The molecule has 4 nitrogen and oxygen atoms in total. The van der Waals surface area contributed by atoms with Gasteiger partial charge in [-0.2, -0.15) is 0 Å². The van der Waals surface area contributed by atoms with Crippen molar-refractivity contribution in [3.8, 4) is 33.8 Å². The summed E-state index contributed by atoms with van der Waals surface area (Å²) in [7, 11) is -2.49. The van der Waals surface area contributed by atoms with E-state index in [1.807, 2.05) is 0 Å². The van der Waals surface area contributed by atoms with Gasteiger partial charge in [-0.15, -0.1) is 0 Å². The Kier molecular flexibility index (Phi) is 8.74. The molecule has 0 aromatic heterocycles. The summed E-state index contributed by atoms with van der Waals surface area (Å²) >= 11 is 0. The van der Waals surface area contributed by atoms with Crippen LogP contribution in [0.2, 0.25) is 0 Å². The van der Waals surface area contributed by atoms with Crippen molar-refractivity contribution in [3.63, 3.8) is 0 Å². The van der Waals surface area contributed by atoms with Crippen molar-refractivity contribution >= 4 is 27.4 Å². The lowest BCUT2D eigenvalue weighted by atomic mass is 9.53. The van der Waals surface area contributed by atoms with Crippen LogP contribution < -0.4 is 19.7 Å². The molecule has 4 aromatic carbocycles. The van der Waals surface area contributed by atoms with Crippen LogP contribution >= 0.6 is 16.8 Å². The Morgan fingerprint density at radius 1 is 0.420 bits per heavy atom. The number of rotatable bonds is 5. The van der Waals surface area contributed by atoms with E-state index in [0.29, 0.717) is 23.7 Å². The smallest absolute Gasteiger partial charge is 0.265 e. The first-order valence-corrected chi connectivity index (χ1v) is 21.8. The quantitative estimate of drug-likeness (QED) is 0.194. The maximum Gasteiger partial charge on any atom is 0.265 e. The molecule has 0 saturated heterocycles. The SMILES string of the molecule is c1ccc2c(c1)OP(OC1CCC3CCCCC3C1C1C(OP3Oc4ccccc4-c4ccccc43)CCC3CCCCC31)c1ccccc1-2. The maximum absolute atomic E-state index is 7.51. The fourth-order valence-electron chi connectivity index (χ4n) is 11.1. The Labute approximate surface area is 300 Å². The van der Waals surface area contributed by atoms with Gasteiger partial charge in [0, 0.05) is 11.1 Å². The highest BCUT2D eigenvalue weighted by Gasteiger charge is 2.54. The number of para-hydroxylation sites is 2. The molecule has 10 atom stereocenters. The third-order valence-corrected chi connectivity index (χ3v) is 16.5. The molecule has 10 unspecified atom stereocenters. The van der Waals surface area contributed by atoms with Crippen molar-refractivity contribution in [1.82, 2.24) is 0 Å². The van der Waals surface area contributed by atoms with Crippen molar-refractivity contribution in [3.05, 3.63) is 97.1 Å². The average molecular weight is 703 g/mol. The lowest BCUT2D eigenvalue weighted by Crippen LogP contribution is -2.53. The lowest BCUT2D eigenvalue weighted by molar-refractivity contribution is -0.108. The van der Waals surface area contributed by atoms with E-state index in [-0.39, 0.29) is 12.2 Å². The van der Waals surface area contributed by atoms with Crippen LogP contribution in [0.1, 0.15) is 77.0 Å². The minimum atomic E-state index is -1.24. The molecule has 6 heteroatoms. The van der Waals surface area contributed by atoms with Crippen molar-refractivity contribution in [1.29, 1.82) is 0 Å². The Hall–Kier alpha value is -2.74. The third-order valence-electron chi connectivity index (χ3n) is 13.3. The van der Waals surface area contributed by atoms with Gasteiger partial charge in [0.2, 0.25) is 0 Å². The van der Waals surface area contributed by atoms with Gasteiger partial charge in [0.25, 0.3) is 16.8 Å². The molecule has 4 aromatic rings. The molecule has 0 radical (unpaired) electrons. The number of hydrogen-bond donors (Lipinski definition) is 0. The minimum absolute atomic E-state index is 0.170. The third kappa shape index (κ3) is 5.65. The van der Waals surface area contributed by atoms with Gasteiger partial charge in [-0.25, -0.2) is 0 Å². The van der Waals surface area contributed by atoms with Gasteiger partial charge in [0.15, 0.2) is 0 Å². The summed E-state index contributed by atoms with van der Waals surface area (Å²) in [6, 6.07) is 34.7. The first-order chi connectivity index (χ1) is 24.8. The van der Waals surface area contributed by atoms with Crippen LogP contribution in [0.25, 0.3) is 22.3 Å². The maximum atomic E-state index is 7.51. The summed E-state index contributed by atoms with van der Waals surface area (Å²) in [5, 5.41) is 2.46. The Morgan fingerprint density at radius 3 is 1.30 bits per heavy atom. The Morgan fingerprint density at radius 2 is 0.820 bits per heavy atom. The zero-order chi connectivity index (χ0) is 33.0. The molecule has 50 heavy (non-hydrogen) atoms. The van der Waals surface area contributed by atoms with Crippen LogP contribution in [0.15, 0.2) is 97.1 Å². The highest BCUT2D eigenvalue weighted by Crippen LogP contribution is 2.61. The first kappa shape index (κ1) is 32.0. The van der Waals surface area contributed by atoms with Crippen molar-refractivity contribution in [2.45, 2.75) is 89.3 Å². The summed E-state index contributed by atoms with van der Waals surface area (Å²) in [6.45, 7) is 0. The van der Waals surface area contributed by atoms with E-state index >= 15 is 0 Å². The van der Waals surface area contributed by atoms with Crippen LogP contribution in [0.5, 0.6) is 11.5 Å². The second-order valence-electron chi connectivity index (χ2n) is 15.7. The topological polar surface area (TPSA) is 36.9 Å². The second-order valence-corrected chi connectivity index (χ2v) is 18.5. The monoisotopic (exact) mass is 702 g/mol. The van der Waals surface area contributed by atoms with E-state index in [1.54, 1.807) is 0 Å². The largest absolute Gasteiger partial charge is 0.443 e. The first-order valence-electron chi connectivity index (χ1n) is 19.5. The van der Waals surface area contributed by atoms with Gasteiger partial charge in [-0.1, -0.05) is 111 Å². The molecule has 2 aliphatic heterocycles. The summed E-state index contributed by atoms with van der Waals surface area (Å²) in [4.78, 5) is 0. The van der Waals surface area contributed by atoms with Gasteiger partial charge < -0.3 is 18.1 Å². The average Bonchev–Trinajstić information content (AvgIpc) is 3.18. The molecule has 0 bridgehead atoms. The van der Waals surface area contributed by atoms with E-state index < -0.39 is 16.8 Å². The summed E-state index contributed by atoms with van der Waals surface area (Å²) in [5.74, 6) is 5.85. The molecule has 4 aliphatic carbocycles. The van der Waals surface area contributed by atoms with Crippen LogP contribution in [-0.4, -0.2) is 12.2 Å². The molecule has 0 N–H and O–H groups in total. The molecule has 10 rings (SSSR count). The zero-order valence-electron chi connectivity index (χ0n) is 28.9. The normalized spacial score (nSPS) is 33.9.